The maximum atomic E-state index is 3.65. The third-order valence-electron chi connectivity index (χ3n) is 4.40. The molecule has 108 valence electrons. The number of benzene rings is 1. The molecule has 0 unspecified atom stereocenters. The Morgan fingerprint density at radius 2 is 2.14 bits per heavy atom. The van der Waals surface area contributed by atoms with E-state index in [1.54, 1.807) is 4.88 Å². The second-order valence-electron chi connectivity index (χ2n) is 5.78. The van der Waals surface area contributed by atoms with Gasteiger partial charge in [0.2, 0.25) is 0 Å². The predicted octanol–water partition coefficient (Wildman–Crippen LogP) is 4.15. The van der Waals surface area contributed by atoms with Crippen LogP contribution < -0.4 is 5.32 Å². The van der Waals surface area contributed by atoms with Gasteiger partial charge in [-0.1, -0.05) is 18.2 Å². The molecule has 21 heavy (non-hydrogen) atoms. The molecule has 2 aromatic heterocycles. The lowest BCUT2D eigenvalue weighted by molar-refractivity contribution is 0.729. The Kier molecular flexibility index (Phi) is 3.32. The van der Waals surface area contributed by atoms with E-state index in [1.165, 1.54) is 58.3 Å². The van der Waals surface area contributed by atoms with Gasteiger partial charge < -0.3 is 10.3 Å². The molecule has 1 aromatic carbocycles. The van der Waals surface area contributed by atoms with E-state index >= 15 is 0 Å². The number of aryl methyl sites for hydroxylation is 3. The summed E-state index contributed by atoms with van der Waals surface area (Å²) in [6, 6.07) is 11.1. The molecule has 0 radical (unpaired) electrons. The summed E-state index contributed by atoms with van der Waals surface area (Å²) in [7, 11) is 2.02. The number of hydrogen-bond acceptors (Lipinski definition) is 2. The van der Waals surface area contributed by atoms with Gasteiger partial charge in [0.1, 0.15) is 0 Å². The SMILES string of the molecule is CNCCCc1cc2c(s1)CCc1c-2[nH]c2ccccc12. The van der Waals surface area contributed by atoms with Crippen LogP contribution in [0.2, 0.25) is 0 Å². The molecule has 0 fully saturated rings. The molecule has 0 saturated heterocycles. The van der Waals surface area contributed by atoms with Gasteiger partial charge in [0.25, 0.3) is 0 Å². The minimum Gasteiger partial charge on any atom is -0.354 e. The van der Waals surface area contributed by atoms with E-state index in [2.05, 4.69) is 40.6 Å². The summed E-state index contributed by atoms with van der Waals surface area (Å²) in [6.07, 6.45) is 4.77. The van der Waals surface area contributed by atoms with Crippen LogP contribution in [0, 0.1) is 0 Å². The standard InChI is InChI=1S/C18H20N2S/c1-19-10-4-5-12-11-15-17(21-12)9-8-14-13-6-2-3-7-16(13)20-18(14)15/h2-3,6-7,11,19-20H,4-5,8-10H2,1H3. The lowest BCUT2D eigenvalue weighted by Crippen LogP contribution is -2.07. The molecular weight excluding hydrogens is 276 g/mol. The number of aromatic nitrogens is 1. The van der Waals surface area contributed by atoms with Crippen molar-refractivity contribution in [1.29, 1.82) is 0 Å². The molecule has 1 aliphatic carbocycles. The highest BCUT2D eigenvalue weighted by atomic mass is 32.1. The normalized spacial score (nSPS) is 13.4. The Hall–Kier alpha value is -1.58. The minimum absolute atomic E-state index is 1.10. The summed E-state index contributed by atoms with van der Waals surface area (Å²) >= 11 is 2.01. The molecule has 3 heteroatoms. The average Bonchev–Trinajstić information content (AvgIpc) is 3.07. The lowest BCUT2D eigenvalue weighted by Gasteiger charge is -2.11. The maximum absolute atomic E-state index is 3.65. The first-order chi connectivity index (χ1) is 10.4. The monoisotopic (exact) mass is 296 g/mol. The zero-order chi connectivity index (χ0) is 14.2. The molecule has 0 amide bonds. The first-order valence-corrected chi connectivity index (χ1v) is 8.54. The van der Waals surface area contributed by atoms with Crippen LogP contribution in [0.4, 0.5) is 0 Å². The Morgan fingerprint density at radius 3 is 3.05 bits per heavy atom. The van der Waals surface area contributed by atoms with Gasteiger partial charge in [-0.15, -0.1) is 11.3 Å². The van der Waals surface area contributed by atoms with Crippen LogP contribution in [0.1, 0.15) is 21.7 Å². The quantitative estimate of drug-likeness (QED) is 0.696. The van der Waals surface area contributed by atoms with Gasteiger partial charge in [0.15, 0.2) is 0 Å². The molecular formula is C18H20N2S. The van der Waals surface area contributed by atoms with Crippen LogP contribution >= 0.6 is 11.3 Å². The van der Waals surface area contributed by atoms with E-state index in [9.17, 15) is 0 Å². The number of H-pyrrole nitrogens is 1. The molecule has 2 heterocycles. The number of aromatic amines is 1. The highest BCUT2D eigenvalue weighted by Gasteiger charge is 2.22. The van der Waals surface area contributed by atoms with Gasteiger partial charge >= 0.3 is 0 Å². The van der Waals surface area contributed by atoms with Gasteiger partial charge in [-0.25, -0.2) is 0 Å². The second-order valence-corrected chi connectivity index (χ2v) is 7.00. The van der Waals surface area contributed by atoms with Crippen molar-refractivity contribution in [2.45, 2.75) is 25.7 Å². The van der Waals surface area contributed by atoms with Crippen LogP contribution in [0.25, 0.3) is 22.2 Å². The van der Waals surface area contributed by atoms with Gasteiger partial charge in [0.05, 0.1) is 5.69 Å². The van der Waals surface area contributed by atoms with Crippen LogP contribution in [-0.4, -0.2) is 18.6 Å². The molecule has 4 rings (SSSR count). The van der Waals surface area contributed by atoms with Crippen LogP contribution in [0.15, 0.2) is 30.3 Å². The zero-order valence-electron chi connectivity index (χ0n) is 12.3. The first kappa shape index (κ1) is 13.1. The van der Waals surface area contributed by atoms with Gasteiger partial charge in [0, 0.05) is 26.2 Å². The fourth-order valence-electron chi connectivity index (χ4n) is 3.37. The molecule has 0 bridgehead atoms. The summed E-state index contributed by atoms with van der Waals surface area (Å²) in [5, 5.41) is 4.64. The molecule has 0 spiro atoms. The molecule has 0 saturated carbocycles. The number of fused-ring (bicyclic) bond motifs is 5. The van der Waals surface area contributed by atoms with Crippen molar-refractivity contribution in [3.63, 3.8) is 0 Å². The van der Waals surface area contributed by atoms with Crippen molar-refractivity contribution in [3.8, 4) is 11.3 Å². The number of hydrogen-bond donors (Lipinski definition) is 2. The van der Waals surface area contributed by atoms with Crippen LogP contribution in [0.5, 0.6) is 0 Å². The summed E-state index contributed by atoms with van der Waals surface area (Å²) in [5.74, 6) is 0. The fourth-order valence-corrected chi connectivity index (χ4v) is 4.59. The number of nitrogens with one attached hydrogen (secondary N) is 2. The highest BCUT2D eigenvalue weighted by Crippen LogP contribution is 2.41. The summed E-state index contributed by atoms with van der Waals surface area (Å²) in [5.41, 5.74) is 5.61. The van der Waals surface area contributed by atoms with Crippen molar-refractivity contribution in [2.24, 2.45) is 0 Å². The Labute approximate surface area is 129 Å². The van der Waals surface area contributed by atoms with E-state index in [0.29, 0.717) is 0 Å². The Morgan fingerprint density at radius 1 is 1.24 bits per heavy atom. The average molecular weight is 296 g/mol. The summed E-state index contributed by atoms with van der Waals surface area (Å²) in [6.45, 7) is 1.10. The Bertz CT molecular complexity index is 782. The van der Waals surface area contributed by atoms with Crippen molar-refractivity contribution in [1.82, 2.24) is 10.3 Å². The van der Waals surface area contributed by atoms with Gasteiger partial charge in [-0.05, 0) is 57.0 Å². The summed E-state index contributed by atoms with van der Waals surface area (Å²) < 4.78 is 0. The first-order valence-electron chi connectivity index (χ1n) is 7.73. The van der Waals surface area contributed by atoms with Crippen molar-refractivity contribution in [3.05, 3.63) is 45.6 Å². The molecule has 2 N–H and O–H groups in total. The Balaban J connectivity index is 1.74. The predicted molar refractivity (Wildman–Crippen MR) is 91.3 cm³/mol. The fraction of sp³-hybridized carbons (Fsp3) is 0.333. The maximum Gasteiger partial charge on any atom is 0.0508 e. The van der Waals surface area contributed by atoms with E-state index in [4.69, 9.17) is 0 Å². The van der Waals surface area contributed by atoms with Crippen LogP contribution in [0.3, 0.4) is 0 Å². The number of rotatable bonds is 4. The van der Waals surface area contributed by atoms with E-state index in [1.807, 2.05) is 18.4 Å². The van der Waals surface area contributed by atoms with E-state index in [0.717, 1.165) is 6.54 Å². The molecule has 2 nitrogen and oxygen atoms in total. The zero-order valence-corrected chi connectivity index (χ0v) is 13.1. The van der Waals surface area contributed by atoms with Crippen LogP contribution in [-0.2, 0) is 19.3 Å². The van der Waals surface area contributed by atoms with E-state index in [-0.39, 0.29) is 0 Å². The largest absolute Gasteiger partial charge is 0.354 e. The highest BCUT2D eigenvalue weighted by molar-refractivity contribution is 7.12. The lowest BCUT2D eigenvalue weighted by atomic mass is 9.94. The van der Waals surface area contributed by atoms with Gasteiger partial charge in [-0.3, -0.25) is 0 Å². The summed E-state index contributed by atoms with van der Waals surface area (Å²) in [4.78, 5) is 6.74. The third-order valence-corrected chi connectivity index (χ3v) is 5.65. The molecule has 1 aliphatic rings. The van der Waals surface area contributed by atoms with Crippen molar-refractivity contribution < 1.29 is 0 Å². The minimum atomic E-state index is 1.10. The number of para-hydroxylation sites is 1. The molecule has 3 aromatic rings. The van der Waals surface area contributed by atoms with Gasteiger partial charge in [-0.2, -0.15) is 0 Å². The topological polar surface area (TPSA) is 27.8 Å². The second kappa shape index (κ2) is 5.32. The van der Waals surface area contributed by atoms with Crippen molar-refractivity contribution >= 4 is 22.2 Å². The molecule has 0 atom stereocenters. The number of thiophene rings is 1. The smallest absolute Gasteiger partial charge is 0.0508 e. The molecule has 0 aliphatic heterocycles. The van der Waals surface area contributed by atoms with Crippen molar-refractivity contribution in [2.75, 3.05) is 13.6 Å². The van der Waals surface area contributed by atoms with E-state index < -0.39 is 0 Å². The third kappa shape index (κ3) is 2.21.